The molecule has 0 bridgehead atoms. The van der Waals surface area contributed by atoms with Crippen LogP contribution in [0.4, 0.5) is 0 Å². The first kappa shape index (κ1) is 99.0. The number of ether oxygens (including phenoxy) is 10. The van der Waals surface area contributed by atoms with Crippen molar-refractivity contribution < 1.29 is 113 Å². The number of hydrogen-bond acceptors (Lipinski definition) is 18. The number of Topliss-reactive ketones (excluding diaryl/α,β-unsaturated/α-hetero) is 2. The third-order valence-corrected chi connectivity index (χ3v) is 12.2. The van der Waals surface area contributed by atoms with Gasteiger partial charge in [-0.3, -0.25) is 19.2 Å². The predicted molar refractivity (Wildman–Crippen MR) is 360 cm³/mol. The van der Waals surface area contributed by atoms with Crippen LogP contribution in [0.25, 0.3) is 0 Å². The van der Waals surface area contributed by atoms with Gasteiger partial charge in [-0.05, 0) is 106 Å². The number of aliphatic hydroxyl groups is 3. The maximum atomic E-state index is 11.5. The molecule has 2 unspecified atom stereocenters. The largest absolute Gasteiger partial charge is 1.00 e. The van der Waals surface area contributed by atoms with Gasteiger partial charge < -0.3 is 69.0 Å². The number of unbranched alkanes of at least 4 members (excludes halogenated alkanes) is 3. The van der Waals surface area contributed by atoms with Gasteiger partial charge in [0, 0.05) is 112 Å². The van der Waals surface area contributed by atoms with E-state index in [1.807, 2.05) is 68.7 Å². The van der Waals surface area contributed by atoms with Gasteiger partial charge in [0.05, 0.1) is 0 Å². The van der Waals surface area contributed by atoms with Crippen LogP contribution >= 0.6 is 0 Å². The number of carbonyl (C=O) groups excluding carboxylic acids is 4. The Morgan fingerprint density at radius 3 is 1.02 bits per heavy atom. The summed E-state index contributed by atoms with van der Waals surface area (Å²) < 4.78 is 48.4. The average molecular weight is 1280 g/mol. The standard InChI is InChI=1S/2C14H22O3.C14H18O3.C12H16O2.C8H15NO3.C5H10O3.3CH4.B.Na.H/c3*1-16-14(17-2)13(15)11-7-6-10-12-8-4-3-5-9-12;13-10-12(14)9-5-4-8-11-6-2-1-3-7-11;1-9(2)6-5-7(10)8(11-3)12-4;1-4(6)5(7-2)8-3;;;;;;/h2*3-5,8-9,13-15H,6-7,10-11H2,1-2H3;3-5,7-9,11,14H,6,10H2,1-2H3;1-3,6-7,13H,4-5,8-10H2;5-6,8H,1-4H3;5H,1-3H3;3*1H4;;;/q;;;;;;;;;;+1;-1/b;;11-7+;;6-5+;;;;;;;. The van der Waals surface area contributed by atoms with E-state index in [0.717, 1.165) is 70.6 Å². The van der Waals surface area contributed by atoms with Gasteiger partial charge in [0.2, 0.25) is 30.4 Å². The molecule has 0 aliphatic heterocycles. The molecular weight excluding hydrogens is 1160 g/mol. The van der Waals surface area contributed by atoms with E-state index >= 15 is 0 Å². The quantitative estimate of drug-likeness (QED) is 0.0168. The maximum Gasteiger partial charge on any atom is 1.00 e. The van der Waals surface area contributed by atoms with E-state index < -0.39 is 43.7 Å². The number of hydrogen-bond donors (Lipinski definition) is 3. The summed E-state index contributed by atoms with van der Waals surface area (Å²) in [5.74, 6) is -0.537. The van der Waals surface area contributed by atoms with Crippen molar-refractivity contribution in [2.75, 3.05) is 91.8 Å². The first-order valence-corrected chi connectivity index (χ1v) is 28.5. The molecule has 0 aliphatic rings. The summed E-state index contributed by atoms with van der Waals surface area (Å²) in [6, 6.07) is 41.1. The molecule has 0 fully saturated rings. The van der Waals surface area contributed by atoms with Gasteiger partial charge in [0.25, 0.3) is 0 Å². The molecule has 0 aromatic heterocycles. The van der Waals surface area contributed by atoms with E-state index in [0.29, 0.717) is 19.3 Å². The second kappa shape index (κ2) is 68.7. The molecule has 2 atom stereocenters. The molecule has 4 aromatic rings. The van der Waals surface area contributed by atoms with Crippen molar-refractivity contribution in [3.63, 3.8) is 0 Å². The van der Waals surface area contributed by atoms with Gasteiger partial charge in [0.1, 0.15) is 18.8 Å². The minimum absolute atomic E-state index is 0. The summed E-state index contributed by atoms with van der Waals surface area (Å²) in [5, 5.41) is 28.0. The third kappa shape index (κ3) is 54.0. The number of aryl methyl sites for hydroxylation is 4. The van der Waals surface area contributed by atoms with Crippen molar-refractivity contribution in [1.82, 2.24) is 4.90 Å². The predicted octanol–water partition coefficient (Wildman–Crippen LogP) is 8.17. The molecule has 90 heavy (non-hydrogen) atoms. The van der Waals surface area contributed by atoms with Crippen LogP contribution in [0.1, 0.15) is 117 Å². The van der Waals surface area contributed by atoms with Gasteiger partial charge in [-0.2, -0.15) is 0 Å². The summed E-state index contributed by atoms with van der Waals surface area (Å²) in [4.78, 5) is 45.5. The van der Waals surface area contributed by atoms with Crippen molar-refractivity contribution in [2.45, 2.75) is 163 Å². The third-order valence-electron chi connectivity index (χ3n) is 12.2. The molecule has 0 saturated carbocycles. The first-order valence-electron chi connectivity index (χ1n) is 28.5. The zero-order valence-electron chi connectivity index (χ0n) is 55.6. The molecule has 0 aliphatic carbocycles. The van der Waals surface area contributed by atoms with E-state index in [4.69, 9.17) is 43.0 Å². The summed E-state index contributed by atoms with van der Waals surface area (Å²) >= 11 is 0. The zero-order valence-corrected chi connectivity index (χ0v) is 56.6. The second-order valence-corrected chi connectivity index (χ2v) is 19.2. The van der Waals surface area contributed by atoms with Crippen molar-refractivity contribution >= 4 is 31.5 Å². The molecule has 3 radical (unpaired) electrons. The van der Waals surface area contributed by atoms with E-state index in [1.165, 1.54) is 84.0 Å². The Morgan fingerprint density at radius 1 is 0.456 bits per heavy atom. The fourth-order valence-corrected chi connectivity index (χ4v) is 7.68. The normalized spacial score (nSPS) is 10.9. The number of allylic oxidation sites excluding steroid dienone is 1. The van der Waals surface area contributed by atoms with Crippen LogP contribution < -0.4 is 29.6 Å². The number of methoxy groups -OCH3 is 10. The molecule has 507 valence electrons. The number of rotatable bonds is 37. The fourth-order valence-electron chi connectivity index (χ4n) is 7.68. The Morgan fingerprint density at radius 2 is 0.756 bits per heavy atom. The van der Waals surface area contributed by atoms with Gasteiger partial charge in [-0.1, -0.05) is 163 Å². The summed E-state index contributed by atoms with van der Waals surface area (Å²) in [6.07, 6.45) is 14.8. The van der Waals surface area contributed by atoms with Crippen molar-refractivity contribution in [1.29, 1.82) is 0 Å². The summed E-state index contributed by atoms with van der Waals surface area (Å²) in [7, 11) is 18.4. The van der Waals surface area contributed by atoms with Gasteiger partial charge in [-0.25, -0.2) is 0 Å². The number of ketones is 4. The topological polar surface area (TPSA) is 225 Å². The molecule has 0 spiro atoms. The Labute approximate surface area is 568 Å². The van der Waals surface area contributed by atoms with Crippen LogP contribution in [0.3, 0.4) is 0 Å². The number of nitrogens with zero attached hydrogens (tertiary/aromatic N) is 1. The van der Waals surface area contributed by atoms with Crippen molar-refractivity contribution in [3.05, 3.63) is 168 Å². The zero-order chi connectivity index (χ0) is 63.9. The van der Waals surface area contributed by atoms with Crippen LogP contribution in [-0.2, 0) is 92.2 Å². The van der Waals surface area contributed by atoms with Gasteiger partial charge >= 0.3 is 29.6 Å². The average Bonchev–Trinajstić information content (AvgIpc) is 3.57. The minimum atomic E-state index is -0.791. The summed E-state index contributed by atoms with van der Waals surface area (Å²) in [5.41, 5.74) is 5.26. The molecule has 0 saturated heterocycles. The monoisotopic (exact) mass is 1280 g/mol. The Hall–Kier alpha value is -4.62. The maximum absolute atomic E-state index is 11.5. The number of aliphatic hydroxyl groups excluding tert-OH is 3. The molecule has 4 aromatic carbocycles. The van der Waals surface area contributed by atoms with Crippen molar-refractivity contribution in [3.8, 4) is 0 Å². The van der Waals surface area contributed by atoms with Gasteiger partial charge in [0.15, 0.2) is 24.1 Å². The first-order chi connectivity index (χ1) is 41.0. The van der Waals surface area contributed by atoms with Gasteiger partial charge in [-0.15, -0.1) is 0 Å². The fraction of sp³-hybridized carbons (Fsp3) is 0.543. The Balaban J connectivity index is -0.000000151. The molecule has 4 rings (SSSR count). The second-order valence-electron chi connectivity index (χ2n) is 19.2. The molecular formula is C70H116BNNaO17. The summed E-state index contributed by atoms with van der Waals surface area (Å²) in [6.45, 7) is 1.10. The molecule has 20 heteroatoms. The molecule has 18 nitrogen and oxygen atoms in total. The Bertz CT molecular complexity index is 2180. The van der Waals surface area contributed by atoms with E-state index in [9.17, 15) is 29.4 Å². The smallest absolute Gasteiger partial charge is 1.00 e. The molecule has 0 amide bonds. The molecule has 3 N–H and O–H groups in total. The molecule has 0 heterocycles. The number of benzene rings is 4. The van der Waals surface area contributed by atoms with Crippen LogP contribution in [0, 0.1) is 0 Å². The van der Waals surface area contributed by atoms with E-state index in [1.54, 1.807) is 39.5 Å². The SMILES string of the molecule is C.C.C.COC(OC)C(=O)/C=C/CCc1ccccc1.COC(OC)C(=O)/C=C/N(C)C.COC(OC)C(C)=O.COC(OC)C(O)CCCCc1ccccc1.COC(OC)C(O)CCCCc1ccccc1.O=C(CO)CCCCc1ccccc1.[B].[H-].[Na+]. The Kier molecular flexibility index (Phi) is 75.6. The minimum Gasteiger partial charge on any atom is -1.00 e. The van der Waals surface area contributed by atoms with E-state index in [-0.39, 0.29) is 91.4 Å². The van der Waals surface area contributed by atoms with E-state index in [2.05, 4.69) is 82.3 Å². The number of carbonyl (C=O) groups is 4. The van der Waals surface area contributed by atoms with Crippen LogP contribution in [0.2, 0.25) is 0 Å². The van der Waals surface area contributed by atoms with Crippen LogP contribution in [-0.4, -0.2) is 187 Å². The van der Waals surface area contributed by atoms with Crippen LogP contribution in [0.15, 0.2) is 146 Å². The van der Waals surface area contributed by atoms with Crippen molar-refractivity contribution in [2.24, 2.45) is 0 Å². The van der Waals surface area contributed by atoms with Crippen LogP contribution in [0.5, 0.6) is 0 Å².